The van der Waals surface area contributed by atoms with Crippen LogP contribution in [0.25, 0.3) is 0 Å². The Morgan fingerprint density at radius 3 is 2.39 bits per heavy atom. The summed E-state index contributed by atoms with van der Waals surface area (Å²) in [5, 5.41) is 3.28. The molecule has 0 spiro atoms. The van der Waals surface area contributed by atoms with Crippen molar-refractivity contribution in [1.29, 1.82) is 0 Å². The molecule has 2 aliphatic heterocycles. The molecule has 0 radical (unpaired) electrons. The summed E-state index contributed by atoms with van der Waals surface area (Å²) in [7, 11) is 0. The maximum atomic E-state index is 12.6. The number of nitrogens with zero attached hydrogens (tertiary/aromatic N) is 2. The standard InChI is InChI=1S/C16H23N3O2.2ClH/c1-13-15(17-7-12-21-13)16(20)19-10-8-18(9-11-19)14-5-3-2-4-6-14;;/h2-6,13,15,17H,7-12H2,1H3;2*1H/t13-,15+;;/m1../s1. The highest BCUT2D eigenvalue weighted by Gasteiger charge is 2.33. The second-order valence-corrected chi connectivity index (χ2v) is 5.66. The summed E-state index contributed by atoms with van der Waals surface area (Å²) in [4.78, 5) is 16.9. The number of benzene rings is 1. The van der Waals surface area contributed by atoms with Gasteiger partial charge in [0.25, 0.3) is 0 Å². The van der Waals surface area contributed by atoms with E-state index in [0.29, 0.717) is 6.61 Å². The fourth-order valence-electron chi connectivity index (χ4n) is 3.03. The largest absolute Gasteiger partial charge is 0.375 e. The predicted molar refractivity (Wildman–Crippen MR) is 96.9 cm³/mol. The van der Waals surface area contributed by atoms with Crippen molar-refractivity contribution < 1.29 is 9.53 Å². The van der Waals surface area contributed by atoms with Gasteiger partial charge in [-0.05, 0) is 19.1 Å². The number of para-hydroxylation sites is 1. The van der Waals surface area contributed by atoms with Crippen LogP contribution in [0, 0.1) is 0 Å². The molecule has 2 heterocycles. The number of anilines is 1. The first-order chi connectivity index (χ1) is 10.3. The van der Waals surface area contributed by atoms with Crippen molar-refractivity contribution in [2.24, 2.45) is 0 Å². The number of amides is 1. The van der Waals surface area contributed by atoms with Crippen LogP contribution in [0.3, 0.4) is 0 Å². The van der Waals surface area contributed by atoms with Crippen LogP contribution < -0.4 is 10.2 Å². The molecule has 1 amide bonds. The van der Waals surface area contributed by atoms with E-state index in [0.717, 1.165) is 32.7 Å². The molecule has 5 nitrogen and oxygen atoms in total. The normalized spacial score (nSPS) is 24.4. The summed E-state index contributed by atoms with van der Waals surface area (Å²) >= 11 is 0. The van der Waals surface area contributed by atoms with E-state index in [4.69, 9.17) is 4.74 Å². The van der Waals surface area contributed by atoms with Gasteiger partial charge in [-0.1, -0.05) is 18.2 Å². The van der Waals surface area contributed by atoms with Crippen molar-refractivity contribution in [3.05, 3.63) is 30.3 Å². The van der Waals surface area contributed by atoms with Crippen LogP contribution in [-0.2, 0) is 9.53 Å². The van der Waals surface area contributed by atoms with E-state index >= 15 is 0 Å². The summed E-state index contributed by atoms with van der Waals surface area (Å²) in [5.41, 5.74) is 1.23. The van der Waals surface area contributed by atoms with Gasteiger partial charge in [-0.25, -0.2) is 0 Å². The minimum absolute atomic E-state index is 0. The molecule has 0 saturated carbocycles. The molecule has 2 aliphatic rings. The Morgan fingerprint density at radius 1 is 1.13 bits per heavy atom. The molecule has 7 heteroatoms. The Labute approximate surface area is 150 Å². The molecule has 0 unspecified atom stereocenters. The first kappa shape index (κ1) is 20.0. The molecular weight excluding hydrogens is 337 g/mol. The van der Waals surface area contributed by atoms with Gasteiger partial charge in [0, 0.05) is 38.4 Å². The molecule has 130 valence electrons. The molecule has 2 saturated heterocycles. The van der Waals surface area contributed by atoms with Crippen molar-refractivity contribution in [2.45, 2.75) is 19.1 Å². The molecular formula is C16H25Cl2N3O2. The molecule has 1 N–H and O–H groups in total. The van der Waals surface area contributed by atoms with E-state index in [1.54, 1.807) is 0 Å². The number of hydrogen-bond donors (Lipinski definition) is 1. The molecule has 0 aliphatic carbocycles. The van der Waals surface area contributed by atoms with E-state index < -0.39 is 0 Å². The molecule has 0 aromatic heterocycles. The average molecular weight is 362 g/mol. The van der Waals surface area contributed by atoms with Gasteiger partial charge in [-0.3, -0.25) is 4.79 Å². The minimum Gasteiger partial charge on any atom is -0.375 e. The maximum absolute atomic E-state index is 12.6. The molecule has 1 aromatic carbocycles. The summed E-state index contributed by atoms with van der Waals surface area (Å²) in [6, 6.07) is 10.2. The Bertz CT molecular complexity index is 481. The number of morpholine rings is 1. The van der Waals surface area contributed by atoms with Crippen LogP contribution in [0.15, 0.2) is 30.3 Å². The number of piperazine rings is 1. The summed E-state index contributed by atoms with van der Waals surface area (Å²) < 4.78 is 5.57. The van der Waals surface area contributed by atoms with Crippen molar-refractivity contribution in [3.63, 3.8) is 0 Å². The fraction of sp³-hybridized carbons (Fsp3) is 0.562. The number of halogens is 2. The molecule has 1 aromatic rings. The van der Waals surface area contributed by atoms with Crippen molar-refractivity contribution in [2.75, 3.05) is 44.2 Å². The van der Waals surface area contributed by atoms with Gasteiger partial charge in [0.05, 0.1) is 12.7 Å². The lowest BCUT2D eigenvalue weighted by atomic mass is 10.1. The summed E-state index contributed by atoms with van der Waals surface area (Å²) in [6.07, 6.45) is -0.0431. The van der Waals surface area contributed by atoms with Crippen molar-refractivity contribution >= 4 is 36.4 Å². The lowest BCUT2D eigenvalue weighted by Gasteiger charge is -2.39. The van der Waals surface area contributed by atoms with E-state index in [-0.39, 0.29) is 42.9 Å². The van der Waals surface area contributed by atoms with Crippen LogP contribution >= 0.6 is 24.8 Å². The van der Waals surface area contributed by atoms with Crippen LogP contribution in [0.5, 0.6) is 0 Å². The molecule has 3 rings (SSSR count). The first-order valence-electron chi connectivity index (χ1n) is 7.69. The zero-order valence-corrected chi connectivity index (χ0v) is 14.9. The third-order valence-electron chi connectivity index (χ3n) is 4.30. The third kappa shape index (κ3) is 4.73. The van der Waals surface area contributed by atoms with Crippen molar-refractivity contribution in [3.8, 4) is 0 Å². The minimum atomic E-state index is -0.193. The lowest BCUT2D eigenvalue weighted by Crippen LogP contribution is -2.59. The van der Waals surface area contributed by atoms with E-state index in [1.165, 1.54) is 5.69 Å². The van der Waals surface area contributed by atoms with E-state index in [2.05, 4.69) is 34.5 Å². The smallest absolute Gasteiger partial charge is 0.242 e. The second-order valence-electron chi connectivity index (χ2n) is 5.66. The van der Waals surface area contributed by atoms with Gasteiger partial charge in [-0.15, -0.1) is 24.8 Å². The SMILES string of the molecule is C[C@H]1OCCN[C@@H]1C(=O)N1CCN(c2ccccc2)CC1.Cl.Cl. The van der Waals surface area contributed by atoms with E-state index in [9.17, 15) is 4.79 Å². The topological polar surface area (TPSA) is 44.8 Å². The van der Waals surface area contributed by atoms with Crippen LogP contribution in [0.4, 0.5) is 5.69 Å². The fourth-order valence-corrected chi connectivity index (χ4v) is 3.03. The van der Waals surface area contributed by atoms with Gasteiger partial charge >= 0.3 is 0 Å². The zero-order valence-electron chi connectivity index (χ0n) is 13.3. The highest BCUT2D eigenvalue weighted by atomic mass is 35.5. The molecule has 2 fully saturated rings. The van der Waals surface area contributed by atoms with Gasteiger partial charge in [-0.2, -0.15) is 0 Å². The van der Waals surface area contributed by atoms with Gasteiger partial charge < -0.3 is 19.9 Å². The van der Waals surface area contributed by atoms with Gasteiger partial charge in [0.2, 0.25) is 5.91 Å². The highest BCUT2D eigenvalue weighted by molar-refractivity contribution is 5.85. The first-order valence-corrected chi connectivity index (χ1v) is 7.69. The van der Waals surface area contributed by atoms with Crippen LogP contribution in [0.1, 0.15) is 6.92 Å². The summed E-state index contributed by atoms with van der Waals surface area (Å²) in [6.45, 7) is 6.74. The molecule has 0 bridgehead atoms. The maximum Gasteiger partial charge on any atom is 0.242 e. The van der Waals surface area contributed by atoms with Crippen LogP contribution in [0.2, 0.25) is 0 Å². The lowest BCUT2D eigenvalue weighted by molar-refractivity contribution is -0.139. The Morgan fingerprint density at radius 2 is 1.78 bits per heavy atom. The molecule has 23 heavy (non-hydrogen) atoms. The zero-order chi connectivity index (χ0) is 14.7. The number of rotatable bonds is 2. The quantitative estimate of drug-likeness (QED) is 0.867. The number of hydrogen-bond acceptors (Lipinski definition) is 4. The monoisotopic (exact) mass is 361 g/mol. The predicted octanol–water partition coefficient (Wildman–Crippen LogP) is 1.56. The number of ether oxygens (including phenoxy) is 1. The van der Waals surface area contributed by atoms with Gasteiger partial charge in [0.15, 0.2) is 0 Å². The number of carbonyl (C=O) groups excluding carboxylic acids is 1. The Hall–Kier alpha value is -1.01. The van der Waals surface area contributed by atoms with E-state index in [1.807, 2.05) is 17.9 Å². The average Bonchev–Trinajstić information content (AvgIpc) is 2.56. The number of carbonyl (C=O) groups is 1. The van der Waals surface area contributed by atoms with Crippen LogP contribution in [-0.4, -0.2) is 62.3 Å². The third-order valence-corrected chi connectivity index (χ3v) is 4.30. The highest BCUT2D eigenvalue weighted by Crippen LogP contribution is 2.17. The Balaban J connectivity index is 0.00000132. The molecule has 2 atom stereocenters. The second kappa shape index (κ2) is 9.33. The number of nitrogens with one attached hydrogen (secondary N) is 1. The van der Waals surface area contributed by atoms with Gasteiger partial charge in [0.1, 0.15) is 6.04 Å². The summed E-state index contributed by atoms with van der Waals surface area (Å²) in [5.74, 6) is 0.176. The Kier molecular flexibility index (Phi) is 8.12. The van der Waals surface area contributed by atoms with Crippen molar-refractivity contribution in [1.82, 2.24) is 10.2 Å².